The van der Waals surface area contributed by atoms with Gasteiger partial charge in [0.15, 0.2) is 5.78 Å². The van der Waals surface area contributed by atoms with E-state index in [0.29, 0.717) is 5.56 Å². The van der Waals surface area contributed by atoms with Gasteiger partial charge in [-0.3, -0.25) is 4.79 Å². The van der Waals surface area contributed by atoms with Crippen molar-refractivity contribution in [1.82, 2.24) is 5.32 Å². The Morgan fingerprint density at radius 1 is 1.24 bits per heavy atom. The van der Waals surface area contributed by atoms with E-state index in [1.165, 1.54) is 0 Å². The Balaban J connectivity index is 2.56. The van der Waals surface area contributed by atoms with Crippen molar-refractivity contribution in [2.45, 2.75) is 20.0 Å². The fraction of sp³-hybridized carbons (Fsp3) is 0.417. The predicted octanol–water partition coefficient (Wildman–Crippen LogP) is 2.64. The summed E-state index contributed by atoms with van der Waals surface area (Å²) in [6.45, 7) is 2.31. The maximum Gasteiger partial charge on any atom is 0.401 e. The van der Waals surface area contributed by atoms with E-state index < -0.39 is 12.7 Å². The van der Waals surface area contributed by atoms with Crippen molar-refractivity contribution < 1.29 is 18.0 Å². The summed E-state index contributed by atoms with van der Waals surface area (Å²) in [7, 11) is 0. The molecule has 94 valence electrons. The minimum Gasteiger partial charge on any atom is -0.302 e. The molecule has 0 bridgehead atoms. The number of halogens is 3. The Morgan fingerprint density at radius 2 is 1.88 bits per heavy atom. The Hall–Kier alpha value is -1.36. The molecule has 0 amide bonds. The highest BCUT2D eigenvalue weighted by Crippen LogP contribution is 2.13. The number of hydrogen-bond acceptors (Lipinski definition) is 2. The molecule has 0 spiro atoms. The van der Waals surface area contributed by atoms with Crippen LogP contribution in [0.2, 0.25) is 0 Å². The van der Waals surface area contributed by atoms with Crippen molar-refractivity contribution in [1.29, 1.82) is 0 Å². The number of carbonyl (C=O) groups excluding carboxylic acids is 1. The second kappa shape index (κ2) is 5.31. The van der Waals surface area contributed by atoms with Gasteiger partial charge < -0.3 is 5.32 Å². The number of aryl methyl sites for hydroxylation is 2. The summed E-state index contributed by atoms with van der Waals surface area (Å²) in [6, 6.07) is 5.10. The molecule has 0 radical (unpaired) electrons. The van der Waals surface area contributed by atoms with E-state index in [-0.39, 0.29) is 12.3 Å². The normalized spacial score (nSPS) is 11.6. The molecule has 17 heavy (non-hydrogen) atoms. The number of rotatable bonds is 4. The van der Waals surface area contributed by atoms with E-state index in [9.17, 15) is 18.0 Å². The third-order valence-corrected chi connectivity index (χ3v) is 2.44. The molecule has 0 saturated heterocycles. The van der Waals surface area contributed by atoms with Gasteiger partial charge in [-0.1, -0.05) is 12.1 Å². The summed E-state index contributed by atoms with van der Waals surface area (Å²) >= 11 is 0. The minimum atomic E-state index is -4.29. The van der Waals surface area contributed by atoms with E-state index in [1.807, 2.05) is 13.8 Å². The highest BCUT2D eigenvalue weighted by molar-refractivity contribution is 5.97. The molecule has 5 heteroatoms. The number of carbonyl (C=O) groups is 1. The summed E-state index contributed by atoms with van der Waals surface area (Å²) in [5.74, 6) is -0.336. The van der Waals surface area contributed by atoms with Gasteiger partial charge in [-0.25, -0.2) is 0 Å². The Labute approximate surface area is 97.8 Å². The number of alkyl halides is 3. The number of nitrogens with one attached hydrogen (secondary N) is 1. The average molecular weight is 245 g/mol. The van der Waals surface area contributed by atoms with Gasteiger partial charge >= 0.3 is 6.18 Å². The van der Waals surface area contributed by atoms with Gasteiger partial charge in [-0.15, -0.1) is 0 Å². The van der Waals surface area contributed by atoms with Crippen LogP contribution in [0.5, 0.6) is 0 Å². The Bertz CT molecular complexity index is 413. The van der Waals surface area contributed by atoms with E-state index in [4.69, 9.17) is 0 Å². The molecule has 1 aromatic carbocycles. The van der Waals surface area contributed by atoms with Crippen LogP contribution in [0.4, 0.5) is 13.2 Å². The summed E-state index contributed by atoms with van der Waals surface area (Å²) in [4.78, 5) is 11.6. The Morgan fingerprint density at radius 3 is 2.41 bits per heavy atom. The summed E-state index contributed by atoms with van der Waals surface area (Å²) in [5, 5.41) is 2.08. The molecule has 0 atom stereocenters. The SMILES string of the molecule is Cc1ccc(C(=O)CNCC(F)(F)F)cc1C. The van der Waals surface area contributed by atoms with Crippen LogP contribution in [0.25, 0.3) is 0 Å². The smallest absolute Gasteiger partial charge is 0.302 e. The standard InChI is InChI=1S/C12H14F3NO/c1-8-3-4-10(5-9(8)2)11(17)6-16-7-12(13,14)15/h3-5,16H,6-7H2,1-2H3. The third kappa shape index (κ3) is 4.56. The van der Waals surface area contributed by atoms with E-state index in [0.717, 1.165) is 11.1 Å². The maximum absolute atomic E-state index is 11.9. The molecule has 1 rings (SSSR count). The second-order valence-corrected chi connectivity index (χ2v) is 3.94. The van der Waals surface area contributed by atoms with Crippen LogP contribution < -0.4 is 5.32 Å². The highest BCUT2D eigenvalue weighted by Gasteiger charge is 2.26. The van der Waals surface area contributed by atoms with Gasteiger partial charge in [0.2, 0.25) is 0 Å². The lowest BCUT2D eigenvalue weighted by atomic mass is 10.0. The lowest BCUT2D eigenvalue weighted by molar-refractivity contribution is -0.124. The Kier molecular flexibility index (Phi) is 4.28. The van der Waals surface area contributed by atoms with Crippen molar-refractivity contribution in [2.24, 2.45) is 0 Å². The first kappa shape index (κ1) is 13.7. The first-order valence-electron chi connectivity index (χ1n) is 5.17. The summed E-state index contributed by atoms with van der Waals surface area (Å²) < 4.78 is 35.6. The fourth-order valence-electron chi connectivity index (χ4n) is 1.33. The number of benzene rings is 1. The van der Waals surface area contributed by atoms with Crippen molar-refractivity contribution in [3.63, 3.8) is 0 Å². The van der Waals surface area contributed by atoms with Crippen LogP contribution in [-0.4, -0.2) is 25.0 Å². The van der Waals surface area contributed by atoms with Crippen molar-refractivity contribution in [3.05, 3.63) is 34.9 Å². The number of hydrogen-bond donors (Lipinski definition) is 1. The van der Waals surface area contributed by atoms with E-state index in [1.54, 1.807) is 18.2 Å². The fourth-order valence-corrected chi connectivity index (χ4v) is 1.33. The molecular weight excluding hydrogens is 231 g/mol. The van der Waals surface area contributed by atoms with Crippen molar-refractivity contribution in [2.75, 3.05) is 13.1 Å². The molecule has 0 aliphatic rings. The van der Waals surface area contributed by atoms with Gasteiger partial charge in [0, 0.05) is 5.56 Å². The molecule has 2 nitrogen and oxygen atoms in total. The molecule has 0 unspecified atom stereocenters. The van der Waals surface area contributed by atoms with Crippen LogP contribution in [0.15, 0.2) is 18.2 Å². The lowest BCUT2D eigenvalue weighted by Gasteiger charge is -2.08. The molecule has 0 aliphatic heterocycles. The predicted molar refractivity (Wildman–Crippen MR) is 59.2 cm³/mol. The van der Waals surface area contributed by atoms with Crippen LogP contribution in [0.1, 0.15) is 21.5 Å². The van der Waals surface area contributed by atoms with Crippen LogP contribution in [0, 0.1) is 13.8 Å². The zero-order valence-corrected chi connectivity index (χ0v) is 9.69. The monoisotopic (exact) mass is 245 g/mol. The first-order chi connectivity index (χ1) is 7.79. The maximum atomic E-state index is 11.9. The van der Waals surface area contributed by atoms with E-state index in [2.05, 4.69) is 5.32 Å². The summed E-state index contributed by atoms with van der Waals surface area (Å²) in [5.41, 5.74) is 2.43. The minimum absolute atomic E-state index is 0.304. The van der Waals surface area contributed by atoms with Gasteiger partial charge in [-0.05, 0) is 31.0 Å². The molecule has 0 aromatic heterocycles. The largest absolute Gasteiger partial charge is 0.401 e. The molecular formula is C12H14F3NO. The van der Waals surface area contributed by atoms with Gasteiger partial charge in [-0.2, -0.15) is 13.2 Å². The van der Waals surface area contributed by atoms with Crippen LogP contribution in [0.3, 0.4) is 0 Å². The molecule has 0 aliphatic carbocycles. The second-order valence-electron chi connectivity index (χ2n) is 3.94. The quantitative estimate of drug-likeness (QED) is 0.826. The third-order valence-electron chi connectivity index (χ3n) is 2.44. The number of Topliss-reactive ketones (excluding diaryl/α,β-unsaturated/α-hetero) is 1. The zero-order valence-electron chi connectivity index (χ0n) is 9.69. The van der Waals surface area contributed by atoms with Gasteiger partial charge in [0.25, 0.3) is 0 Å². The van der Waals surface area contributed by atoms with Crippen molar-refractivity contribution in [3.8, 4) is 0 Å². The van der Waals surface area contributed by atoms with E-state index >= 15 is 0 Å². The molecule has 0 heterocycles. The molecule has 0 fully saturated rings. The average Bonchev–Trinajstić information content (AvgIpc) is 2.20. The van der Waals surface area contributed by atoms with Crippen LogP contribution >= 0.6 is 0 Å². The van der Waals surface area contributed by atoms with Crippen LogP contribution in [-0.2, 0) is 0 Å². The zero-order chi connectivity index (χ0) is 13.1. The summed E-state index contributed by atoms with van der Waals surface area (Å²) in [6.07, 6.45) is -4.29. The molecule has 1 aromatic rings. The topological polar surface area (TPSA) is 29.1 Å². The first-order valence-corrected chi connectivity index (χ1v) is 5.17. The molecule has 1 N–H and O–H groups in total. The van der Waals surface area contributed by atoms with Gasteiger partial charge in [0.05, 0.1) is 13.1 Å². The number of ketones is 1. The highest BCUT2D eigenvalue weighted by atomic mass is 19.4. The lowest BCUT2D eigenvalue weighted by Crippen LogP contribution is -2.32. The van der Waals surface area contributed by atoms with Gasteiger partial charge in [0.1, 0.15) is 0 Å². The molecule has 0 saturated carbocycles. The van der Waals surface area contributed by atoms with Crippen molar-refractivity contribution >= 4 is 5.78 Å².